The molecule has 0 aromatic heterocycles. The fourth-order valence-electron chi connectivity index (χ4n) is 5.26. The van der Waals surface area contributed by atoms with Crippen molar-refractivity contribution in [2.45, 2.75) is 43.4 Å². The maximum atomic E-state index is 13.0. The average molecular weight is 359 g/mol. The van der Waals surface area contributed by atoms with Gasteiger partial charge in [0.15, 0.2) is 0 Å². The second-order valence-corrected chi connectivity index (χ2v) is 9.12. The molecule has 4 aliphatic rings. The van der Waals surface area contributed by atoms with Gasteiger partial charge in [-0.15, -0.1) is 11.6 Å². The van der Waals surface area contributed by atoms with Gasteiger partial charge in [-0.1, -0.05) is 23.2 Å². The van der Waals surface area contributed by atoms with Crippen molar-refractivity contribution in [3.05, 3.63) is 28.2 Å². The van der Waals surface area contributed by atoms with Crippen LogP contribution >= 0.6 is 34.8 Å². The van der Waals surface area contributed by atoms with Crippen molar-refractivity contribution in [1.29, 1.82) is 0 Å². The zero-order valence-electron chi connectivity index (χ0n) is 12.2. The first-order valence-corrected chi connectivity index (χ1v) is 8.96. The second-order valence-electron chi connectivity index (χ2n) is 7.47. The number of rotatable bonds is 2. The molecule has 4 bridgehead atoms. The highest BCUT2D eigenvalue weighted by molar-refractivity contribution is 6.35. The van der Waals surface area contributed by atoms with E-state index in [4.69, 9.17) is 34.8 Å². The van der Waals surface area contributed by atoms with Gasteiger partial charge in [-0.2, -0.15) is 0 Å². The Bertz CT molecular complexity index is 631. The standard InChI is InChI=1S/C17H18Cl3NO/c18-12-1-2-13(19)14(4-12)21-15(22)16-5-10-3-11(6-16)8-17(20,7-10)9-16/h1-2,4,10-11H,3,5-9H2,(H,21,22). The number of hydrogen-bond acceptors (Lipinski definition) is 1. The van der Waals surface area contributed by atoms with Crippen molar-refractivity contribution in [2.24, 2.45) is 17.3 Å². The third-order valence-electron chi connectivity index (χ3n) is 5.65. The number of hydrogen-bond donors (Lipinski definition) is 1. The molecule has 0 saturated heterocycles. The van der Waals surface area contributed by atoms with Crippen LogP contribution in [0.4, 0.5) is 5.69 Å². The SMILES string of the molecule is O=C(Nc1cc(Cl)ccc1Cl)C12CC3CC(CC(Cl)(C3)C1)C2. The molecule has 1 aromatic rings. The Labute approximate surface area is 145 Å². The van der Waals surface area contributed by atoms with Gasteiger partial charge >= 0.3 is 0 Å². The van der Waals surface area contributed by atoms with E-state index < -0.39 is 0 Å². The van der Waals surface area contributed by atoms with Gasteiger partial charge in [0, 0.05) is 9.90 Å². The molecule has 0 aliphatic heterocycles. The minimum atomic E-state index is -0.322. The largest absolute Gasteiger partial charge is 0.324 e. The summed E-state index contributed by atoms with van der Waals surface area (Å²) in [5.74, 6) is 1.26. The molecule has 22 heavy (non-hydrogen) atoms. The Hall–Kier alpha value is -0.440. The van der Waals surface area contributed by atoms with Crippen LogP contribution in [0.25, 0.3) is 0 Å². The van der Waals surface area contributed by atoms with Gasteiger partial charge in [-0.25, -0.2) is 0 Å². The van der Waals surface area contributed by atoms with E-state index in [0.717, 1.165) is 32.1 Å². The summed E-state index contributed by atoms with van der Waals surface area (Å²) < 4.78 is 0. The highest BCUT2D eigenvalue weighted by Crippen LogP contribution is 2.64. The molecule has 5 rings (SSSR count). The summed E-state index contributed by atoms with van der Waals surface area (Å²) in [4.78, 5) is 12.8. The van der Waals surface area contributed by atoms with Crippen molar-refractivity contribution >= 4 is 46.4 Å². The third-order valence-corrected chi connectivity index (χ3v) is 6.65. The van der Waals surface area contributed by atoms with Gasteiger partial charge < -0.3 is 5.32 Å². The Morgan fingerprint density at radius 3 is 2.45 bits per heavy atom. The Morgan fingerprint density at radius 1 is 1.14 bits per heavy atom. The van der Waals surface area contributed by atoms with Crippen LogP contribution in [-0.4, -0.2) is 10.8 Å². The van der Waals surface area contributed by atoms with Crippen molar-refractivity contribution in [3.8, 4) is 0 Å². The topological polar surface area (TPSA) is 29.1 Å². The minimum absolute atomic E-state index is 0.0655. The zero-order valence-corrected chi connectivity index (χ0v) is 14.4. The predicted octanol–water partition coefficient (Wildman–Crippen LogP) is 5.51. The van der Waals surface area contributed by atoms with Crippen LogP contribution < -0.4 is 5.32 Å². The van der Waals surface area contributed by atoms with Crippen LogP contribution in [0.1, 0.15) is 38.5 Å². The lowest BCUT2D eigenvalue weighted by molar-refractivity contribution is -0.138. The molecule has 1 N–H and O–H groups in total. The monoisotopic (exact) mass is 357 g/mol. The van der Waals surface area contributed by atoms with Crippen LogP contribution in [0.5, 0.6) is 0 Å². The van der Waals surface area contributed by atoms with Crippen LogP contribution in [0.2, 0.25) is 10.0 Å². The Kier molecular flexibility index (Phi) is 3.45. The first-order valence-electron chi connectivity index (χ1n) is 7.83. The van der Waals surface area contributed by atoms with Gasteiger partial charge in [0.2, 0.25) is 5.91 Å². The average Bonchev–Trinajstić information content (AvgIpc) is 2.40. The number of nitrogens with one attached hydrogen (secondary N) is 1. The summed E-state index contributed by atoms with van der Waals surface area (Å²) in [5, 5.41) is 4.10. The molecule has 2 unspecified atom stereocenters. The van der Waals surface area contributed by atoms with Gasteiger partial charge in [-0.3, -0.25) is 4.79 Å². The molecular weight excluding hydrogens is 341 g/mol. The number of anilines is 1. The lowest BCUT2D eigenvalue weighted by atomic mass is 9.49. The minimum Gasteiger partial charge on any atom is -0.324 e. The van der Waals surface area contributed by atoms with E-state index in [0.29, 0.717) is 27.6 Å². The van der Waals surface area contributed by atoms with Gasteiger partial charge in [0.25, 0.3) is 0 Å². The first-order chi connectivity index (χ1) is 10.4. The molecule has 4 fully saturated rings. The summed E-state index contributed by atoms with van der Waals surface area (Å²) in [6.45, 7) is 0. The van der Waals surface area contributed by atoms with E-state index >= 15 is 0 Å². The summed E-state index contributed by atoms with van der Waals surface area (Å²) >= 11 is 19.0. The summed E-state index contributed by atoms with van der Waals surface area (Å²) in [7, 11) is 0. The third kappa shape index (κ3) is 2.44. The molecule has 0 heterocycles. The lowest BCUT2D eigenvalue weighted by Crippen LogP contribution is -2.57. The predicted molar refractivity (Wildman–Crippen MR) is 90.8 cm³/mol. The van der Waals surface area contributed by atoms with Gasteiger partial charge in [-0.05, 0) is 68.6 Å². The fourth-order valence-corrected chi connectivity index (χ4v) is 6.29. The molecule has 2 nitrogen and oxygen atoms in total. The quantitative estimate of drug-likeness (QED) is 0.694. The van der Waals surface area contributed by atoms with E-state index in [1.54, 1.807) is 18.2 Å². The normalized spacial score (nSPS) is 39.0. The van der Waals surface area contributed by atoms with Gasteiger partial charge in [0.1, 0.15) is 0 Å². The highest BCUT2D eigenvalue weighted by Gasteiger charge is 2.60. The lowest BCUT2D eigenvalue weighted by Gasteiger charge is -2.59. The van der Waals surface area contributed by atoms with Crippen molar-refractivity contribution < 1.29 is 4.79 Å². The number of carbonyl (C=O) groups excluding carboxylic acids is 1. The Balaban J connectivity index is 1.61. The molecule has 1 aromatic carbocycles. The smallest absolute Gasteiger partial charge is 0.230 e. The fraction of sp³-hybridized carbons (Fsp3) is 0.588. The van der Waals surface area contributed by atoms with Gasteiger partial charge in [0.05, 0.1) is 16.1 Å². The Morgan fingerprint density at radius 2 is 1.82 bits per heavy atom. The molecule has 0 radical (unpaired) electrons. The number of carbonyl (C=O) groups is 1. The first kappa shape index (κ1) is 15.1. The summed E-state index contributed by atoms with van der Waals surface area (Å²) in [6, 6.07) is 5.14. The maximum absolute atomic E-state index is 13.0. The van der Waals surface area contributed by atoms with Crippen molar-refractivity contribution in [2.75, 3.05) is 5.32 Å². The molecule has 4 saturated carbocycles. The molecule has 118 valence electrons. The van der Waals surface area contributed by atoms with E-state index in [1.807, 2.05) is 0 Å². The van der Waals surface area contributed by atoms with Crippen molar-refractivity contribution in [3.63, 3.8) is 0 Å². The molecule has 5 heteroatoms. The maximum Gasteiger partial charge on any atom is 0.230 e. The van der Waals surface area contributed by atoms with E-state index in [1.165, 1.54) is 6.42 Å². The van der Waals surface area contributed by atoms with Crippen LogP contribution in [0.3, 0.4) is 0 Å². The molecular formula is C17H18Cl3NO. The number of benzene rings is 1. The molecule has 1 amide bonds. The van der Waals surface area contributed by atoms with Crippen LogP contribution in [0.15, 0.2) is 18.2 Å². The summed E-state index contributed by atoms with van der Waals surface area (Å²) in [5.41, 5.74) is 0.274. The number of halogens is 3. The molecule has 0 spiro atoms. The van der Waals surface area contributed by atoms with Crippen LogP contribution in [0, 0.1) is 17.3 Å². The zero-order chi connectivity index (χ0) is 15.5. The number of amides is 1. The van der Waals surface area contributed by atoms with E-state index in [9.17, 15) is 4.79 Å². The van der Waals surface area contributed by atoms with Crippen molar-refractivity contribution in [1.82, 2.24) is 0 Å². The molecule has 2 atom stereocenters. The summed E-state index contributed by atoms with van der Waals surface area (Å²) in [6.07, 6.45) is 6.08. The molecule has 4 aliphatic carbocycles. The van der Waals surface area contributed by atoms with Crippen LogP contribution in [-0.2, 0) is 4.79 Å². The van der Waals surface area contributed by atoms with E-state index in [-0.39, 0.29) is 16.2 Å². The second kappa shape index (κ2) is 5.03. The van der Waals surface area contributed by atoms with E-state index in [2.05, 4.69) is 5.32 Å². The highest BCUT2D eigenvalue weighted by atomic mass is 35.5. The number of alkyl halides is 1.